The van der Waals surface area contributed by atoms with Crippen LogP contribution < -0.4 is 5.73 Å². The van der Waals surface area contributed by atoms with E-state index in [2.05, 4.69) is 4.90 Å². The predicted molar refractivity (Wildman–Crippen MR) is 70.4 cm³/mol. The summed E-state index contributed by atoms with van der Waals surface area (Å²) in [6.45, 7) is 9.23. The SMILES string of the molecule is CC(C)(C)OC(=O)N1CCC[C@H](N2CC(N)C2)C1. The van der Waals surface area contributed by atoms with Gasteiger partial charge in [-0.25, -0.2) is 4.79 Å². The summed E-state index contributed by atoms with van der Waals surface area (Å²) in [4.78, 5) is 16.2. The fraction of sp³-hybridized carbons (Fsp3) is 0.923. The van der Waals surface area contributed by atoms with Gasteiger partial charge in [-0.15, -0.1) is 0 Å². The lowest BCUT2D eigenvalue weighted by atomic mass is 9.99. The van der Waals surface area contributed by atoms with Crippen LogP contribution in [0.1, 0.15) is 33.6 Å². The predicted octanol–water partition coefficient (Wildman–Crippen LogP) is 1.03. The van der Waals surface area contributed by atoms with E-state index in [0.29, 0.717) is 12.1 Å². The molecule has 18 heavy (non-hydrogen) atoms. The van der Waals surface area contributed by atoms with Gasteiger partial charge in [0.1, 0.15) is 5.60 Å². The molecule has 0 spiro atoms. The summed E-state index contributed by atoms with van der Waals surface area (Å²) in [7, 11) is 0. The highest BCUT2D eigenvalue weighted by Crippen LogP contribution is 2.21. The normalized spacial score (nSPS) is 26.9. The molecule has 2 N–H and O–H groups in total. The average molecular weight is 255 g/mol. The van der Waals surface area contributed by atoms with Crippen molar-refractivity contribution in [1.29, 1.82) is 0 Å². The average Bonchev–Trinajstić information content (AvgIpc) is 2.23. The highest BCUT2D eigenvalue weighted by atomic mass is 16.6. The van der Waals surface area contributed by atoms with E-state index >= 15 is 0 Å². The van der Waals surface area contributed by atoms with Gasteiger partial charge < -0.3 is 15.4 Å². The van der Waals surface area contributed by atoms with Crippen LogP contribution in [0.15, 0.2) is 0 Å². The first-order valence-electron chi connectivity index (χ1n) is 6.83. The summed E-state index contributed by atoms with van der Waals surface area (Å²) < 4.78 is 5.42. The zero-order chi connectivity index (χ0) is 13.3. The number of nitrogens with zero attached hydrogens (tertiary/aromatic N) is 2. The van der Waals surface area contributed by atoms with Crippen LogP contribution in [0.5, 0.6) is 0 Å². The smallest absolute Gasteiger partial charge is 0.410 e. The molecule has 2 rings (SSSR count). The first-order chi connectivity index (χ1) is 8.35. The van der Waals surface area contributed by atoms with Crippen molar-refractivity contribution in [3.05, 3.63) is 0 Å². The van der Waals surface area contributed by atoms with E-state index in [1.54, 1.807) is 0 Å². The Bertz CT molecular complexity index is 308. The Morgan fingerprint density at radius 2 is 1.94 bits per heavy atom. The van der Waals surface area contributed by atoms with Crippen LogP contribution in [0.2, 0.25) is 0 Å². The lowest BCUT2D eigenvalue weighted by molar-refractivity contribution is 0.000404. The zero-order valence-corrected chi connectivity index (χ0v) is 11.7. The third kappa shape index (κ3) is 3.36. The second-order valence-electron chi connectivity index (χ2n) is 6.44. The standard InChI is InChI=1S/C13H25N3O2/c1-13(2,3)18-12(17)15-6-4-5-11(9-15)16-7-10(14)8-16/h10-11H,4-9,14H2,1-3H3/t11-/m0/s1. The highest BCUT2D eigenvalue weighted by Gasteiger charge is 2.35. The van der Waals surface area contributed by atoms with Crippen LogP contribution in [0.4, 0.5) is 4.79 Å². The number of amides is 1. The second kappa shape index (κ2) is 5.05. The first-order valence-corrected chi connectivity index (χ1v) is 6.83. The minimum absolute atomic E-state index is 0.183. The first kappa shape index (κ1) is 13.6. The third-order valence-corrected chi connectivity index (χ3v) is 3.50. The quantitative estimate of drug-likeness (QED) is 0.760. The minimum Gasteiger partial charge on any atom is -0.444 e. The van der Waals surface area contributed by atoms with Crippen molar-refractivity contribution in [3.63, 3.8) is 0 Å². The van der Waals surface area contributed by atoms with E-state index in [4.69, 9.17) is 10.5 Å². The van der Waals surface area contributed by atoms with Gasteiger partial charge in [0, 0.05) is 38.3 Å². The topological polar surface area (TPSA) is 58.8 Å². The van der Waals surface area contributed by atoms with Gasteiger partial charge in [-0.2, -0.15) is 0 Å². The van der Waals surface area contributed by atoms with Gasteiger partial charge in [-0.3, -0.25) is 4.90 Å². The third-order valence-electron chi connectivity index (χ3n) is 3.50. The fourth-order valence-electron chi connectivity index (χ4n) is 2.59. The van der Waals surface area contributed by atoms with Gasteiger partial charge in [0.15, 0.2) is 0 Å². The maximum Gasteiger partial charge on any atom is 0.410 e. The number of carbonyl (C=O) groups excluding carboxylic acids is 1. The molecule has 5 heteroatoms. The molecule has 2 fully saturated rings. The largest absolute Gasteiger partial charge is 0.444 e. The molecule has 0 aliphatic carbocycles. The summed E-state index contributed by atoms with van der Waals surface area (Å²) in [6.07, 6.45) is 2.03. The Balaban J connectivity index is 1.84. The van der Waals surface area contributed by atoms with Crippen LogP contribution in [0.3, 0.4) is 0 Å². The van der Waals surface area contributed by atoms with E-state index < -0.39 is 5.60 Å². The molecule has 2 heterocycles. The molecule has 0 radical (unpaired) electrons. The Morgan fingerprint density at radius 1 is 1.28 bits per heavy atom. The fourth-order valence-corrected chi connectivity index (χ4v) is 2.59. The molecule has 2 aliphatic rings. The molecule has 1 atom stereocenters. The summed E-state index contributed by atoms with van der Waals surface area (Å²) in [6, 6.07) is 0.785. The lowest BCUT2D eigenvalue weighted by Crippen LogP contribution is -2.62. The molecule has 0 saturated carbocycles. The molecule has 2 saturated heterocycles. The van der Waals surface area contributed by atoms with Crippen LogP contribution >= 0.6 is 0 Å². The Morgan fingerprint density at radius 3 is 2.50 bits per heavy atom. The summed E-state index contributed by atoms with van der Waals surface area (Å²) in [5, 5.41) is 0. The van der Waals surface area contributed by atoms with E-state index in [9.17, 15) is 4.79 Å². The number of likely N-dealkylation sites (tertiary alicyclic amines) is 2. The van der Waals surface area contributed by atoms with Crippen molar-refractivity contribution < 1.29 is 9.53 Å². The number of hydrogen-bond acceptors (Lipinski definition) is 4. The molecule has 0 aromatic heterocycles. The summed E-state index contributed by atoms with van der Waals surface area (Å²) >= 11 is 0. The van der Waals surface area contributed by atoms with Crippen LogP contribution in [0.25, 0.3) is 0 Å². The molecular weight excluding hydrogens is 230 g/mol. The number of ether oxygens (including phenoxy) is 1. The van der Waals surface area contributed by atoms with Gasteiger partial charge in [-0.05, 0) is 33.6 Å². The van der Waals surface area contributed by atoms with Crippen molar-refractivity contribution in [2.24, 2.45) is 5.73 Å². The maximum atomic E-state index is 12.0. The Labute approximate surface area is 109 Å². The van der Waals surface area contributed by atoms with Gasteiger partial charge in [0.05, 0.1) is 0 Å². The van der Waals surface area contributed by atoms with E-state index in [0.717, 1.165) is 39.0 Å². The molecule has 5 nitrogen and oxygen atoms in total. The Hall–Kier alpha value is -0.810. The number of carbonyl (C=O) groups is 1. The van der Waals surface area contributed by atoms with Gasteiger partial charge in [0.2, 0.25) is 0 Å². The number of nitrogens with two attached hydrogens (primary N) is 1. The highest BCUT2D eigenvalue weighted by molar-refractivity contribution is 5.68. The Kier molecular flexibility index (Phi) is 3.82. The molecule has 104 valence electrons. The molecular formula is C13H25N3O2. The number of hydrogen-bond donors (Lipinski definition) is 1. The number of rotatable bonds is 1. The van der Waals surface area contributed by atoms with Gasteiger partial charge >= 0.3 is 6.09 Å². The van der Waals surface area contributed by atoms with E-state index in [1.165, 1.54) is 0 Å². The molecule has 0 unspecified atom stereocenters. The zero-order valence-electron chi connectivity index (χ0n) is 11.7. The monoisotopic (exact) mass is 255 g/mol. The summed E-state index contributed by atoms with van der Waals surface area (Å²) in [5.41, 5.74) is 5.39. The van der Waals surface area contributed by atoms with Gasteiger partial charge in [0.25, 0.3) is 0 Å². The van der Waals surface area contributed by atoms with E-state index in [-0.39, 0.29) is 6.09 Å². The van der Waals surface area contributed by atoms with Crippen LogP contribution in [-0.4, -0.2) is 59.8 Å². The van der Waals surface area contributed by atoms with Crippen molar-refractivity contribution in [2.75, 3.05) is 26.2 Å². The van der Waals surface area contributed by atoms with Crippen molar-refractivity contribution in [2.45, 2.75) is 51.3 Å². The van der Waals surface area contributed by atoms with Crippen LogP contribution in [0, 0.1) is 0 Å². The van der Waals surface area contributed by atoms with Crippen LogP contribution in [-0.2, 0) is 4.74 Å². The molecule has 2 aliphatic heterocycles. The second-order valence-corrected chi connectivity index (χ2v) is 6.44. The minimum atomic E-state index is -0.414. The van der Waals surface area contributed by atoms with Crippen molar-refractivity contribution in [3.8, 4) is 0 Å². The molecule has 0 bridgehead atoms. The van der Waals surface area contributed by atoms with Crippen molar-refractivity contribution in [1.82, 2.24) is 9.80 Å². The van der Waals surface area contributed by atoms with Crippen molar-refractivity contribution >= 4 is 6.09 Å². The molecule has 0 aromatic carbocycles. The maximum absolute atomic E-state index is 12.0. The molecule has 0 aromatic rings. The lowest BCUT2D eigenvalue weighted by Gasteiger charge is -2.46. The molecule has 1 amide bonds. The summed E-state index contributed by atoms with van der Waals surface area (Å²) in [5.74, 6) is 0. The number of piperidine rings is 1. The van der Waals surface area contributed by atoms with Gasteiger partial charge in [-0.1, -0.05) is 0 Å². The van der Waals surface area contributed by atoms with E-state index in [1.807, 2.05) is 25.7 Å².